The second kappa shape index (κ2) is 7.99. The van der Waals surface area contributed by atoms with E-state index in [2.05, 4.69) is 0 Å². The number of ether oxygens (including phenoxy) is 1. The zero-order valence-corrected chi connectivity index (χ0v) is 15.8. The SMILES string of the molecule is Cc1ccc(S(C)(=O)=O)cc1C(=O)OC(C)C(=O)N1CCCCCC1. The Bertz CT molecular complexity index is 749. The molecule has 0 bridgehead atoms. The van der Waals surface area contributed by atoms with Crippen molar-refractivity contribution in [2.24, 2.45) is 0 Å². The molecule has 1 fully saturated rings. The highest BCUT2D eigenvalue weighted by atomic mass is 32.2. The van der Waals surface area contributed by atoms with Crippen LogP contribution >= 0.6 is 0 Å². The van der Waals surface area contributed by atoms with Crippen LogP contribution < -0.4 is 0 Å². The van der Waals surface area contributed by atoms with Crippen LogP contribution in [0.3, 0.4) is 0 Å². The fourth-order valence-electron chi connectivity index (χ4n) is 2.87. The second-order valence-electron chi connectivity index (χ2n) is 6.54. The van der Waals surface area contributed by atoms with Crippen molar-refractivity contribution in [1.29, 1.82) is 0 Å². The molecule has 0 N–H and O–H groups in total. The predicted octanol–water partition coefficient (Wildman–Crippen LogP) is 2.35. The maximum absolute atomic E-state index is 12.5. The lowest BCUT2D eigenvalue weighted by molar-refractivity contribution is -0.139. The molecular formula is C18H25NO5S. The summed E-state index contributed by atoms with van der Waals surface area (Å²) in [6.07, 6.45) is 4.32. The lowest BCUT2D eigenvalue weighted by atomic mass is 10.1. The first-order chi connectivity index (χ1) is 11.7. The smallest absolute Gasteiger partial charge is 0.339 e. The minimum atomic E-state index is -3.42. The normalized spacial score (nSPS) is 16.8. The van der Waals surface area contributed by atoms with E-state index in [1.165, 1.54) is 12.1 Å². The molecule has 1 aliphatic heterocycles. The Morgan fingerprint density at radius 1 is 1.12 bits per heavy atom. The number of carbonyl (C=O) groups is 2. The van der Waals surface area contributed by atoms with Crippen LogP contribution in [0.15, 0.2) is 23.1 Å². The van der Waals surface area contributed by atoms with Gasteiger partial charge in [0.1, 0.15) is 0 Å². The highest BCUT2D eigenvalue weighted by Crippen LogP contribution is 2.18. The van der Waals surface area contributed by atoms with Crippen molar-refractivity contribution < 1.29 is 22.7 Å². The zero-order valence-electron chi connectivity index (χ0n) is 14.9. The Morgan fingerprint density at radius 3 is 2.28 bits per heavy atom. The molecule has 0 aliphatic carbocycles. The number of nitrogens with zero attached hydrogens (tertiary/aromatic N) is 1. The van der Waals surface area contributed by atoms with Crippen LogP contribution in [-0.2, 0) is 19.4 Å². The topological polar surface area (TPSA) is 80.7 Å². The summed E-state index contributed by atoms with van der Waals surface area (Å²) in [6, 6.07) is 4.32. The number of amides is 1. The van der Waals surface area contributed by atoms with Crippen molar-refractivity contribution in [1.82, 2.24) is 4.90 Å². The van der Waals surface area contributed by atoms with Gasteiger partial charge in [-0.15, -0.1) is 0 Å². The van der Waals surface area contributed by atoms with Gasteiger partial charge >= 0.3 is 5.97 Å². The molecule has 25 heavy (non-hydrogen) atoms. The van der Waals surface area contributed by atoms with Crippen LogP contribution in [0.5, 0.6) is 0 Å². The number of sulfone groups is 1. The van der Waals surface area contributed by atoms with Crippen LogP contribution in [0.1, 0.15) is 48.5 Å². The van der Waals surface area contributed by atoms with Gasteiger partial charge in [0, 0.05) is 19.3 Å². The summed E-state index contributed by atoms with van der Waals surface area (Å²) in [4.78, 5) is 26.7. The maximum atomic E-state index is 12.5. The zero-order chi connectivity index (χ0) is 18.6. The Morgan fingerprint density at radius 2 is 1.72 bits per heavy atom. The summed E-state index contributed by atoms with van der Waals surface area (Å²) >= 11 is 0. The van der Waals surface area contributed by atoms with Crippen molar-refractivity contribution in [3.8, 4) is 0 Å². The van der Waals surface area contributed by atoms with Crippen molar-refractivity contribution in [3.05, 3.63) is 29.3 Å². The average molecular weight is 367 g/mol. The molecule has 1 aromatic rings. The molecule has 0 saturated carbocycles. The molecule has 2 rings (SSSR count). The number of rotatable bonds is 4. The number of benzene rings is 1. The molecule has 0 radical (unpaired) electrons. The molecule has 0 aromatic heterocycles. The van der Waals surface area contributed by atoms with Gasteiger partial charge in [0.25, 0.3) is 5.91 Å². The quantitative estimate of drug-likeness (QED) is 0.763. The fourth-order valence-corrected chi connectivity index (χ4v) is 3.52. The van der Waals surface area contributed by atoms with E-state index in [1.54, 1.807) is 24.8 Å². The van der Waals surface area contributed by atoms with Gasteiger partial charge in [-0.3, -0.25) is 4.79 Å². The van der Waals surface area contributed by atoms with E-state index in [0.717, 1.165) is 31.9 Å². The van der Waals surface area contributed by atoms with Crippen molar-refractivity contribution in [3.63, 3.8) is 0 Å². The third-order valence-electron chi connectivity index (χ3n) is 4.41. The summed E-state index contributed by atoms with van der Waals surface area (Å²) in [5.74, 6) is -0.883. The molecule has 6 nitrogen and oxygen atoms in total. The van der Waals surface area contributed by atoms with Crippen LogP contribution in [-0.4, -0.2) is 50.6 Å². The van der Waals surface area contributed by atoms with E-state index in [1.807, 2.05) is 0 Å². The van der Waals surface area contributed by atoms with Gasteiger partial charge in [0.2, 0.25) is 0 Å². The minimum Gasteiger partial charge on any atom is -0.449 e. The standard InChI is InChI=1S/C18H25NO5S/c1-13-8-9-15(25(3,22)23)12-16(13)18(21)24-14(2)17(20)19-10-6-4-5-7-11-19/h8-9,12,14H,4-7,10-11H2,1-3H3. The monoisotopic (exact) mass is 367 g/mol. The van der Waals surface area contributed by atoms with Crippen molar-refractivity contribution >= 4 is 21.7 Å². The van der Waals surface area contributed by atoms with Crippen LogP contribution in [0.2, 0.25) is 0 Å². The van der Waals surface area contributed by atoms with E-state index >= 15 is 0 Å². The molecular weight excluding hydrogens is 342 g/mol. The number of likely N-dealkylation sites (tertiary alicyclic amines) is 1. The minimum absolute atomic E-state index is 0.0524. The third kappa shape index (κ3) is 5.04. The molecule has 138 valence electrons. The first-order valence-corrected chi connectivity index (χ1v) is 10.4. The Hall–Kier alpha value is -1.89. The van der Waals surface area contributed by atoms with Gasteiger partial charge in [-0.2, -0.15) is 0 Å². The lowest BCUT2D eigenvalue weighted by Gasteiger charge is -2.24. The molecule has 1 heterocycles. The predicted molar refractivity (Wildman–Crippen MR) is 94.2 cm³/mol. The summed E-state index contributed by atoms with van der Waals surface area (Å²) < 4.78 is 28.7. The second-order valence-corrected chi connectivity index (χ2v) is 8.55. The molecule has 1 unspecified atom stereocenters. The Labute approximate surface area is 149 Å². The molecule has 1 amide bonds. The van der Waals surface area contributed by atoms with E-state index in [-0.39, 0.29) is 16.4 Å². The van der Waals surface area contributed by atoms with E-state index in [4.69, 9.17) is 4.74 Å². The van der Waals surface area contributed by atoms with Gasteiger partial charge in [-0.1, -0.05) is 18.9 Å². The van der Waals surface area contributed by atoms with Gasteiger partial charge in [0.05, 0.1) is 10.5 Å². The largest absolute Gasteiger partial charge is 0.449 e. The first-order valence-electron chi connectivity index (χ1n) is 8.50. The molecule has 1 aliphatic rings. The van der Waals surface area contributed by atoms with Crippen LogP contribution in [0.25, 0.3) is 0 Å². The molecule has 7 heteroatoms. The summed E-state index contributed by atoms with van der Waals surface area (Å²) in [5.41, 5.74) is 0.769. The third-order valence-corrected chi connectivity index (χ3v) is 5.52. The summed E-state index contributed by atoms with van der Waals surface area (Å²) in [6.45, 7) is 4.62. The van der Waals surface area contributed by atoms with Crippen LogP contribution in [0.4, 0.5) is 0 Å². The number of hydrogen-bond acceptors (Lipinski definition) is 5. The van der Waals surface area contributed by atoms with Crippen molar-refractivity contribution in [2.75, 3.05) is 19.3 Å². The van der Waals surface area contributed by atoms with E-state index in [0.29, 0.717) is 18.7 Å². The molecule has 0 spiro atoms. The van der Waals surface area contributed by atoms with Gasteiger partial charge in [0.15, 0.2) is 15.9 Å². The van der Waals surface area contributed by atoms with Gasteiger partial charge in [-0.05, 0) is 44.4 Å². The van der Waals surface area contributed by atoms with Crippen LogP contribution in [0, 0.1) is 6.92 Å². The Balaban J connectivity index is 2.11. The van der Waals surface area contributed by atoms with E-state index < -0.39 is 21.9 Å². The molecule has 1 atom stereocenters. The maximum Gasteiger partial charge on any atom is 0.339 e. The Kier molecular flexibility index (Phi) is 6.21. The highest BCUT2D eigenvalue weighted by Gasteiger charge is 2.26. The molecule has 1 aromatic carbocycles. The highest BCUT2D eigenvalue weighted by molar-refractivity contribution is 7.90. The summed E-state index contributed by atoms with van der Waals surface area (Å²) in [7, 11) is -3.42. The average Bonchev–Trinajstić information content (AvgIpc) is 2.82. The number of hydrogen-bond donors (Lipinski definition) is 0. The number of aryl methyl sites for hydroxylation is 1. The number of carbonyl (C=O) groups excluding carboxylic acids is 2. The van der Waals surface area contributed by atoms with Gasteiger partial charge in [-0.25, -0.2) is 13.2 Å². The van der Waals surface area contributed by atoms with E-state index in [9.17, 15) is 18.0 Å². The first kappa shape index (κ1) is 19.4. The molecule has 1 saturated heterocycles. The lowest BCUT2D eigenvalue weighted by Crippen LogP contribution is -2.40. The van der Waals surface area contributed by atoms with Crippen molar-refractivity contribution in [2.45, 2.75) is 50.5 Å². The summed E-state index contributed by atoms with van der Waals surface area (Å²) in [5, 5.41) is 0. The number of esters is 1. The fraction of sp³-hybridized carbons (Fsp3) is 0.556. The van der Waals surface area contributed by atoms with Gasteiger partial charge < -0.3 is 9.64 Å².